The number of amides is 2. The van der Waals surface area contributed by atoms with E-state index in [-0.39, 0.29) is 12.2 Å². The second kappa shape index (κ2) is 9.04. The molecule has 0 aromatic heterocycles. The highest BCUT2D eigenvalue weighted by Crippen LogP contribution is 2.17. The van der Waals surface area contributed by atoms with Crippen LogP contribution in [0.2, 0.25) is 0 Å². The van der Waals surface area contributed by atoms with Crippen molar-refractivity contribution < 1.29 is 23.8 Å². The quantitative estimate of drug-likeness (QED) is 0.626. The fourth-order valence-corrected chi connectivity index (χ4v) is 1.83. The van der Waals surface area contributed by atoms with Gasteiger partial charge >= 0.3 is 6.09 Å². The summed E-state index contributed by atoms with van der Waals surface area (Å²) in [6.45, 7) is 0.601. The molecule has 0 saturated carbocycles. The molecule has 0 aliphatic carbocycles. The first-order valence-corrected chi connectivity index (χ1v) is 7.24. The summed E-state index contributed by atoms with van der Waals surface area (Å²) >= 11 is 0. The summed E-state index contributed by atoms with van der Waals surface area (Å²) < 4.78 is 15.5. The maximum Gasteiger partial charge on any atom is 0.425 e. The van der Waals surface area contributed by atoms with Crippen molar-refractivity contribution in [1.29, 1.82) is 0 Å². The minimum atomic E-state index is -0.766. The summed E-state index contributed by atoms with van der Waals surface area (Å²) in [6, 6.07) is 16.0. The van der Waals surface area contributed by atoms with Gasteiger partial charge in [0.1, 0.15) is 24.7 Å². The van der Waals surface area contributed by atoms with Crippen molar-refractivity contribution in [2.45, 2.75) is 0 Å². The molecule has 7 nitrogen and oxygen atoms in total. The van der Waals surface area contributed by atoms with Crippen LogP contribution in [0.5, 0.6) is 11.5 Å². The van der Waals surface area contributed by atoms with E-state index in [1.54, 1.807) is 24.3 Å². The fourth-order valence-electron chi connectivity index (χ4n) is 1.83. The number of ether oxygens (including phenoxy) is 3. The van der Waals surface area contributed by atoms with Gasteiger partial charge in [-0.1, -0.05) is 30.3 Å². The van der Waals surface area contributed by atoms with E-state index < -0.39 is 12.0 Å². The first kappa shape index (κ1) is 17.1. The summed E-state index contributed by atoms with van der Waals surface area (Å²) in [4.78, 5) is 23.0. The van der Waals surface area contributed by atoms with E-state index in [0.717, 1.165) is 5.75 Å². The summed E-state index contributed by atoms with van der Waals surface area (Å²) in [5, 5.41) is 0. The molecule has 0 heterocycles. The van der Waals surface area contributed by atoms with Gasteiger partial charge in [-0.15, -0.1) is 0 Å². The number of para-hydroxylation sites is 2. The molecule has 0 fully saturated rings. The van der Waals surface area contributed by atoms with Crippen molar-refractivity contribution in [2.24, 2.45) is 0 Å². The van der Waals surface area contributed by atoms with E-state index in [0.29, 0.717) is 12.4 Å². The normalized spacial score (nSPS) is 9.71. The van der Waals surface area contributed by atoms with E-state index in [2.05, 4.69) is 15.6 Å². The Morgan fingerprint density at radius 2 is 1.54 bits per heavy atom. The zero-order valence-electron chi connectivity index (χ0n) is 13.2. The van der Waals surface area contributed by atoms with E-state index >= 15 is 0 Å². The summed E-state index contributed by atoms with van der Waals surface area (Å²) in [7, 11) is 1.20. The maximum atomic E-state index is 12.0. The number of carbonyl (C=O) groups excluding carboxylic acids is 2. The number of hydrazine groups is 1. The molecule has 0 saturated heterocycles. The molecule has 24 heavy (non-hydrogen) atoms. The van der Waals surface area contributed by atoms with Crippen LogP contribution < -0.4 is 20.3 Å². The van der Waals surface area contributed by atoms with Crippen LogP contribution in [0.3, 0.4) is 0 Å². The number of carbonyl (C=O) groups is 2. The fraction of sp³-hybridized carbons (Fsp3) is 0.176. The van der Waals surface area contributed by atoms with E-state index in [1.165, 1.54) is 7.11 Å². The third-order valence-corrected chi connectivity index (χ3v) is 2.95. The minimum absolute atomic E-state index is 0.267. The van der Waals surface area contributed by atoms with Gasteiger partial charge < -0.3 is 14.2 Å². The number of nitrogens with one attached hydrogen (secondary N) is 2. The van der Waals surface area contributed by atoms with Crippen LogP contribution in [0.4, 0.5) is 4.79 Å². The number of methoxy groups -OCH3 is 1. The number of hydrogen-bond acceptors (Lipinski definition) is 5. The lowest BCUT2D eigenvalue weighted by Crippen LogP contribution is -2.41. The van der Waals surface area contributed by atoms with Gasteiger partial charge in [-0.05, 0) is 24.3 Å². The molecule has 7 heteroatoms. The zero-order chi connectivity index (χ0) is 17.2. The Hall–Kier alpha value is -3.22. The highest BCUT2D eigenvalue weighted by atomic mass is 16.5. The van der Waals surface area contributed by atoms with Gasteiger partial charge in [-0.2, -0.15) is 0 Å². The smallest absolute Gasteiger partial charge is 0.425 e. The van der Waals surface area contributed by atoms with Crippen molar-refractivity contribution in [2.75, 3.05) is 20.3 Å². The lowest BCUT2D eigenvalue weighted by atomic mass is 10.2. The first-order valence-electron chi connectivity index (χ1n) is 7.24. The molecule has 2 rings (SSSR count). The average molecular weight is 330 g/mol. The van der Waals surface area contributed by atoms with E-state index in [9.17, 15) is 9.59 Å². The van der Waals surface area contributed by atoms with Gasteiger partial charge in [-0.3, -0.25) is 10.2 Å². The van der Waals surface area contributed by atoms with Gasteiger partial charge in [-0.25, -0.2) is 10.2 Å². The van der Waals surface area contributed by atoms with Crippen LogP contribution >= 0.6 is 0 Å². The molecule has 0 aliphatic rings. The molecule has 0 bridgehead atoms. The van der Waals surface area contributed by atoms with Crippen LogP contribution in [-0.4, -0.2) is 32.3 Å². The van der Waals surface area contributed by atoms with Crippen molar-refractivity contribution in [3.63, 3.8) is 0 Å². The number of rotatable bonds is 6. The van der Waals surface area contributed by atoms with Gasteiger partial charge in [0.25, 0.3) is 5.91 Å². The van der Waals surface area contributed by atoms with Gasteiger partial charge in [0, 0.05) is 0 Å². The summed E-state index contributed by atoms with van der Waals surface area (Å²) in [5.74, 6) is 0.618. The van der Waals surface area contributed by atoms with Crippen molar-refractivity contribution in [3.8, 4) is 11.5 Å². The molecule has 0 unspecified atom stereocenters. The third-order valence-electron chi connectivity index (χ3n) is 2.95. The van der Waals surface area contributed by atoms with Crippen LogP contribution in [0.15, 0.2) is 54.6 Å². The monoisotopic (exact) mass is 330 g/mol. The van der Waals surface area contributed by atoms with Gasteiger partial charge in [0.2, 0.25) is 0 Å². The van der Waals surface area contributed by atoms with Crippen LogP contribution in [0, 0.1) is 0 Å². The van der Waals surface area contributed by atoms with Crippen molar-refractivity contribution in [1.82, 2.24) is 10.9 Å². The van der Waals surface area contributed by atoms with E-state index in [4.69, 9.17) is 9.47 Å². The molecule has 0 aliphatic heterocycles. The lowest BCUT2D eigenvalue weighted by molar-refractivity contribution is 0.0915. The molecule has 2 aromatic carbocycles. The SMILES string of the molecule is COC(=O)NNC(=O)c1ccccc1OCCOc1ccccc1. The Kier molecular flexibility index (Phi) is 6.46. The first-order chi connectivity index (χ1) is 11.7. The molecule has 2 amide bonds. The second-order valence-corrected chi connectivity index (χ2v) is 4.58. The zero-order valence-corrected chi connectivity index (χ0v) is 13.2. The molecular formula is C17H18N2O5. The van der Waals surface area contributed by atoms with Crippen molar-refractivity contribution >= 4 is 12.0 Å². The molecule has 0 atom stereocenters. The Labute approximate surface area is 139 Å². The van der Waals surface area contributed by atoms with Crippen LogP contribution in [0.1, 0.15) is 10.4 Å². The Morgan fingerprint density at radius 3 is 2.29 bits per heavy atom. The van der Waals surface area contributed by atoms with Gasteiger partial charge in [0.05, 0.1) is 12.7 Å². The average Bonchev–Trinajstić information content (AvgIpc) is 2.64. The topological polar surface area (TPSA) is 85.9 Å². The summed E-state index contributed by atoms with van der Waals surface area (Å²) in [5.41, 5.74) is 4.62. The Morgan fingerprint density at radius 1 is 0.875 bits per heavy atom. The van der Waals surface area contributed by atoms with Crippen LogP contribution in [0.25, 0.3) is 0 Å². The highest BCUT2D eigenvalue weighted by Gasteiger charge is 2.12. The number of benzene rings is 2. The third kappa shape index (κ3) is 5.20. The minimum Gasteiger partial charge on any atom is -0.490 e. The van der Waals surface area contributed by atoms with E-state index in [1.807, 2.05) is 30.3 Å². The van der Waals surface area contributed by atoms with Crippen LogP contribution in [-0.2, 0) is 4.74 Å². The lowest BCUT2D eigenvalue weighted by Gasteiger charge is -2.12. The second-order valence-electron chi connectivity index (χ2n) is 4.58. The van der Waals surface area contributed by atoms with Crippen molar-refractivity contribution in [3.05, 3.63) is 60.2 Å². The maximum absolute atomic E-state index is 12.0. The number of hydrogen-bond donors (Lipinski definition) is 2. The molecule has 2 N–H and O–H groups in total. The molecule has 0 spiro atoms. The molecular weight excluding hydrogens is 312 g/mol. The molecule has 126 valence electrons. The predicted molar refractivity (Wildman–Crippen MR) is 86.9 cm³/mol. The van der Waals surface area contributed by atoms with Gasteiger partial charge in [0.15, 0.2) is 0 Å². The Balaban J connectivity index is 1.86. The largest absolute Gasteiger partial charge is 0.490 e. The molecule has 2 aromatic rings. The Bertz CT molecular complexity index is 676. The highest BCUT2D eigenvalue weighted by molar-refractivity contribution is 5.97. The predicted octanol–water partition coefficient (Wildman–Crippen LogP) is 2.15. The molecule has 0 radical (unpaired) electrons. The summed E-state index contributed by atoms with van der Waals surface area (Å²) in [6.07, 6.45) is -0.766. The standard InChI is InChI=1S/C17H18N2O5/c1-22-17(21)19-18-16(20)14-9-5-6-10-15(14)24-12-11-23-13-7-3-2-4-8-13/h2-10H,11-12H2,1H3,(H,18,20)(H,19,21).